The van der Waals surface area contributed by atoms with Gasteiger partial charge in [0.2, 0.25) is 5.95 Å². The average Bonchev–Trinajstić information content (AvgIpc) is 2.40. The Morgan fingerprint density at radius 1 is 1.26 bits per heavy atom. The number of aryl methyl sites for hydroxylation is 2. The highest BCUT2D eigenvalue weighted by Gasteiger charge is 2.35. The van der Waals surface area contributed by atoms with Crippen molar-refractivity contribution in [3.63, 3.8) is 0 Å². The fourth-order valence-corrected chi connectivity index (χ4v) is 2.32. The van der Waals surface area contributed by atoms with Gasteiger partial charge in [-0.25, -0.2) is 19.7 Å². The van der Waals surface area contributed by atoms with Gasteiger partial charge in [0.25, 0.3) is 0 Å². The minimum Gasteiger partial charge on any atom is -0.351 e. The molecule has 0 radical (unpaired) electrons. The Hall–Kier alpha value is -2.35. The highest BCUT2D eigenvalue weighted by molar-refractivity contribution is 6.34. The topological polar surface area (TPSA) is 72.1 Å². The minimum atomic E-state index is -4.68. The van der Waals surface area contributed by atoms with Gasteiger partial charge in [0.05, 0.1) is 10.7 Å². The van der Waals surface area contributed by atoms with E-state index in [0.29, 0.717) is 5.56 Å². The molecule has 0 saturated heterocycles. The van der Waals surface area contributed by atoms with Crippen molar-refractivity contribution in [2.45, 2.75) is 20.0 Å². The molecule has 122 valence electrons. The fourth-order valence-electron chi connectivity index (χ4n) is 2.01. The number of carbonyl (C=O) groups excluding carboxylic acids is 1. The second-order valence-electron chi connectivity index (χ2n) is 4.77. The third-order valence-corrected chi connectivity index (χ3v) is 3.27. The molecule has 0 aliphatic heterocycles. The van der Waals surface area contributed by atoms with Crippen molar-refractivity contribution in [3.05, 3.63) is 46.2 Å². The second-order valence-corrected chi connectivity index (χ2v) is 5.18. The summed E-state index contributed by atoms with van der Waals surface area (Å²) in [5.74, 6) is -0.485. The first-order chi connectivity index (χ1) is 10.6. The Labute approximate surface area is 134 Å². The smallest absolute Gasteiger partial charge is 0.351 e. The van der Waals surface area contributed by atoms with Crippen LogP contribution in [-0.2, 0) is 6.18 Å². The molecule has 5 nitrogen and oxygen atoms in total. The molecule has 0 saturated carbocycles. The van der Waals surface area contributed by atoms with Gasteiger partial charge in [-0.2, -0.15) is 13.2 Å². The number of primary amides is 1. The predicted molar refractivity (Wildman–Crippen MR) is 79.7 cm³/mol. The van der Waals surface area contributed by atoms with Crippen LogP contribution in [0.25, 0.3) is 0 Å². The Kier molecular flexibility index (Phi) is 4.46. The van der Waals surface area contributed by atoms with E-state index in [2.05, 4.69) is 9.97 Å². The number of hydrogen-bond donors (Lipinski definition) is 1. The van der Waals surface area contributed by atoms with Gasteiger partial charge in [-0.1, -0.05) is 23.7 Å². The van der Waals surface area contributed by atoms with E-state index in [1.165, 1.54) is 13.0 Å². The van der Waals surface area contributed by atoms with Crippen LogP contribution < -0.4 is 10.6 Å². The molecule has 23 heavy (non-hydrogen) atoms. The fraction of sp³-hybridized carbons (Fsp3) is 0.214. The molecule has 0 aliphatic rings. The van der Waals surface area contributed by atoms with E-state index in [9.17, 15) is 18.0 Å². The van der Waals surface area contributed by atoms with Gasteiger partial charge in [-0.15, -0.1) is 0 Å². The molecule has 2 N–H and O–H groups in total. The maximum atomic E-state index is 12.9. The largest absolute Gasteiger partial charge is 0.433 e. The lowest BCUT2D eigenvalue weighted by Gasteiger charge is -2.22. The maximum absolute atomic E-state index is 12.9. The molecule has 9 heteroatoms. The third kappa shape index (κ3) is 3.53. The molecule has 0 unspecified atom stereocenters. The Morgan fingerprint density at radius 2 is 1.91 bits per heavy atom. The summed E-state index contributed by atoms with van der Waals surface area (Å²) in [7, 11) is 0. The minimum absolute atomic E-state index is 0.0401. The number of para-hydroxylation sites is 1. The van der Waals surface area contributed by atoms with Crippen molar-refractivity contribution in [2.75, 3.05) is 4.90 Å². The summed E-state index contributed by atoms with van der Waals surface area (Å²) in [5.41, 5.74) is 4.86. The molecule has 0 atom stereocenters. The van der Waals surface area contributed by atoms with Crippen LogP contribution in [0, 0.1) is 13.8 Å². The zero-order chi connectivity index (χ0) is 17.4. The standard InChI is InChI=1S/C14H12ClF3N4O/c1-7-4-3-5-9(15)11(7)22(12(19)23)13-20-8(2)6-10(21-13)14(16,17)18/h3-6H,1-2H3,(H2,19,23). The number of nitrogens with zero attached hydrogens (tertiary/aromatic N) is 3. The van der Waals surface area contributed by atoms with Crippen molar-refractivity contribution < 1.29 is 18.0 Å². The molecule has 0 spiro atoms. The van der Waals surface area contributed by atoms with Crippen molar-refractivity contribution in [3.8, 4) is 0 Å². The van der Waals surface area contributed by atoms with Gasteiger partial charge >= 0.3 is 12.2 Å². The lowest BCUT2D eigenvalue weighted by Crippen LogP contribution is -2.34. The normalized spacial score (nSPS) is 11.4. The maximum Gasteiger partial charge on any atom is 0.433 e. The van der Waals surface area contributed by atoms with E-state index in [1.54, 1.807) is 19.1 Å². The van der Waals surface area contributed by atoms with E-state index in [1.807, 2.05) is 0 Å². The molecular weight excluding hydrogens is 333 g/mol. The molecule has 1 aromatic heterocycles. The molecule has 2 amide bonds. The quantitative estimate of drug-likeness (QED) is 0.895. The van der Waals surface area contributed by atoms with E-state index in [-0.39, 0.29) is 16.4 Å². The monoisotopic (exact) mass is 344 g/mol. The molecule has 1 heterocycles. The summed E-state index contributed by atoms with van der Waals surface area (Å²) < 4.78 is 38.8. The van der Waals surface area contributed by atoms with Gasteiger partial charge in [0.1, 0.15) is 5.69 Å². The lowest BCUT2D eigenvalue weighted by molar-refractivity contribution is -0.141. The Morgan fingerprint density at radius 3 is 2.43 bits per heavy atom. The lowest BCUT2D eigenvalue weighted by atomic mass is 10.2. The number of urea groups is 1. The van der Waals surface area contributed by atoms with E-state index >= 15 is 0 Å². The van der Waals surface area contributed by atoms with Crippen LogP contribution in [0.2, 0.25) is 5.02 Å². The van der Waals surface area contributed by atoms with Crippen molar-refractivity contribution in [1.29, 1.82) is 0 Å². The number of nitrogens with two attached hydrogens (primary N) is 1. The number of rotatable bonds is 2. The molecule has 1 aromatic carbocycles. The number of carbonyl (C=O) groups is 1. The molecular formula is C14H12ClF3N4O. The van der Waals surface area contributed by atoms with Crippen LogP contribution in [0.15, 0.2) is 24.3 Å². The number of halogens is 4. The van der Waals surface area contributed by atoms with Gasteiger partial charge in [0, 0.05) is 5.69 Å². The summed E-state index contributed by atoms with van der Waals surface area (Å²) >= 11 is 6.06. The number of hydrogen-bond acceptors (Lipinski definition) is 3. The summed E-state index contributed by atoms with van der Waals surface area (Å²) in [6.07, 6.45) is -4.68. The van der Waals surface area contributed by atoms with E-state index in [4.69, 9.17) is 17.3 Å². The molecule has 2 aromatic rings. The number of aromatic nitrogens is 2. The van der Waals surface area contributed by atoms with Crippen LogP contribution in [-0.4, -0.2) is 16.0 Å². The van der Waals surface area contributed by atoms with Crippen molar-refractivity contribution >= 4 is 29.3 Å². The van der Waals surface area contributed by atoms with E-state index in [0.717, 1.165) is 11.0 Å². The van der Waals surface area contributed by atoms with Crippen molar-refractivity contribution in [1.82, 2.24) is 9.97 Å². The van der Waals surface area contributed by atoms with Crippen molar-refractivity contribution in [2.24, 2.45) is 5.73 Å². The molecule has 2 rings (SSSR count). The van der Waals surface area contributed by atoms with Gasteiger partial charge in [-0.05, 0) is 31.5 Å². The highest BCUT2D eigenvalue weighted by Crippen LogP contribution is 2.35. The van der Waals surface area contributed by atoms with Gasteiger partial charge in [-0.3, -0.25) is 0 Å². The first-order valence-corrected chi connectivity index (χ1v) is 6.76. The second kappa shape index (κ2) is 6.04. The first kappa shape index (κ1) is 17.0. The summed E-state index contributed by atoms with van der Waals surface area (Å²) in [5, 5.41) is 0.141. The van der Waals surface area contributed by atoms with Gasteiger partial charge in [0.15, 0.2) is 0 Å². The summed E-state index contributed by atoms with van der Waals surface area (Å²) in [6.45, 7) is 3.00. The molecule has 0 aliphatic carbocycles. The Balaban J connectivity index is 2.69. The number of alkyl halides is 3. The Bertz CT molecular complexity index is 744. The van der Waals surface area contributed by atoms with Crippen LogP contribution in [0.3, 0.4) is 0 Å². The first-order valence-electron chi connectivity index (χ1n) is 6.39. The van der Waals surface area contributed by atoms with Crippen LogP contribution in [0.5, 0.6) is 0 Å². The van der Waals surface area contributed by atoms with Crippen LogP contribution in [0.4, 0.5) is 29.6 Å². The average molecular weight is 345 g/mol. The summed E-state index contributed by atoms with van der Waals surface area (Å²) in [6, 6.07) is 4.50. The van der Waals surface area contributed by atoms with Gasteiger partial charge < -0.3 is 5.73 Å². The zero-order valence-corrected chi connectivity index (χ0v) is 12.9. The molecule has 0 bridgehead atoms. The van der Waals surface area contributed by atoms with Crippen LogP contribution in [0.1, 0.15) is 17.0 Å². The predicted octanol–water partition coefficient (Wildman–Crippen LogP) is 3.98. The van der Waals surface area contributed by atoms with Crippen LogP contribution >= 0.6 is 11.6 Å². The number of amides is 2. The molecule has 0 fully saturated rings. The highest BCUT2D eigenvalue weighted by atomic mass is 35.5. The third-order valence-electron chi connectivity index (χ3n) is 2.97. The zero-order valence-electron chi connectivity index (χ0n) is 12.1. The summed E-state index contributed by atoms with van der Waals surface area (Å²) in [4.78, 5) is 19.9. The number of anilines is 2. The SMILES string of the molecule is Cc1cc(C(F)(F)F)nc(N(C(N)=O)c2c(C)cccc2Cl)n1. The number of benzene rings is 1. The van der Waals surface area contributed by atoms with E-state index < -0.39 is 23.8 Å².